The van der Waals surface area contributed by atoms with E-state index in [2.05, 4.69) is 52.3 Å². The largest absolute Gasteiger partial charge is 0.366 e. The van der Waals surface area contributed by atoms with Crippen molar-refractivity contribution in [1.29, 1.82) is 0 Å². The van der Waals surface area contributed by atoms with Gasteiger partial charge in [0.05, 0.1) is 59.0 Å². The first-order valence-electron chi connectivity index (χ1n) is 13.6. The van der Waals surface area contributed by atoms with Gasteiger partial charge in [-0.15, -0.1) is 0 Å². The summed E-state index contributed by atoms with van der Waals surface area (Å²) in [5.41, 5.74) is 5.07. The Hall–Kier alpha value is -5.23. The summed E-state index contributed by atoms with van der Waals surface area (Å²) in [6, 6.07) is 11.1. The van der Waals surface area contributed by atoms with Gasteiger partial charge in [0.2, 0.25) is 5.91 Å². The third kappa shape index (κ3) is 4.81. The Morgan fingerprint density at radius 2 is 1.79 bits per heavy atom. The molecule has 11 nitrogen and oxygen atoms in total. The number of piperazine rings is 1. The highest BCUT2D eigenvalue weighted by atomic mass is 19.1. The number of H-pyrrole nitrogens is 2. The topological polar surface area (TPSA) is 132 Å². The maximum Gasteiger partial charge on any atom is 0.228 e. The van der Waals surface area contributed by atoms with Crippen molar-refractivity contribution in [2.75, 3.05) is 43.4 Å². The van der Waals surface area contributed by atoms with Gasteiger partial charge in [0.1, 0.15) is 16.9 Å². The number of likely N-dealkylation sites (N-methyl/N-ethyl adjacent to an activating group) is 1. The second kappa shape index (κ2) is 10.6. The quantitative estimate of drug-likeness (QED) is 0.277. The zero-order valence-corrected chi connectivity index (χ0v) is 22.8. The van der Waals surface area contributed by atoms with Crippen molar-refractivity contribution >= 4 is 39.2 Å². The van der Waals surface area contributed by atoms with Crippen LogP contribution in [0, 0.1) is 5.82 Å². The number of amides is 1. The molecule has 1 fully saturated rings. The fraction of sp³-hybridized carbons (Fsp3) is 0.200. The van der Waals surface area contributed by atoms with E-state index in [9.17, 15) is 4.79 Å². The first kappa shape index (κ1) is 25.7. The molecular formula is C30H27FN10O. The molecule has 0 radical (unpaired) electrons. The molecular weight excluding hydrogens is 535 g/mol. The summed E-state index contributed by atoms with van der Waals surface area (Å²) in [7, 11) is 2.11. The van der Waals surface area contributed by atoms with Crippen molar-refractivity contribution in [1.82, 2.24) is 40.0 Å². The Morgan fingerprint density at radius 1 is 0.976 bits per heavy atom. The number of nitrogens with one attached hydrogen (secondary N) is 3. The number of hydrogen-bond acceptors (Lipinski definition) is 8. The molecule has 1 aliphatic heterocycles. The van der Waals surface area contributed by atoms with E-state index >= 15 is 4.39 Å². The molecule has 6 heterocycles. The molecule has 1 amide bonds. The highest BCUT2D eigenvalue weighted by Gasteiger charge is 2.23. The molecule has 42 heavy (non-hydrogen) atoms. The summed E-state index contributed by atoms with van der Waals surface area (Å²) in [5, 5.41) is 10.4. The number of pyridine rings is 3. The van der Waals surface area contributed by atoms with E-state index in [1.165, 1.54) is 18.6 Å². The Bertz CT molecular complexity index is 1910. The fourth-order valence-corrected chi connectivity index (χ4v) is 5.28. The zero-order valence-electron chi connectivity index (χ0n) is 22.8. The Kier molecular flexibility index (Phi) is 6.51. The Balaban J connectivity index is 1.21. The minimum atomic E-state index is -0.566. The van der Waals surface area contributed by atoms with Crippen molar-refractivity contribution < 1.29 is 9.18 Å². The van der Waals surface area contributed by atoms with Crippen LogP contribution in [-0.2, 0) is 11.2 Å². The molecule has 7 rings (SSSR count). The molecule has 0 saturated carbocycles. The van der Waals surface area contributed by atoms with Crippen LogP contribution >= 0.6 is 0 Å². The van der Waals surface area contributed by atoms with E-state index in [1.54, 1.807) is 12.3 Å². The normalized spacial score (nSPS) is 14.1. The summed E-state index contributed by atoms with van der Waals surface area (Å²) >= 11 is 0. The molecule has 5 aromatic heterocycles. The maximum atomic E-state index is 16.2. The van der Waals surface area contributed by atoms with Crippen molar-refractivity contribution in [3.8, 4) is 22.8 Å². The number of halogens is 1. The molecule has 0 bridgehead atoms. The summed E-state index contributed by atoms with van der Waals surface area (Å²) in [5.74, 6) is -0.337. The summed E-state index contributed by atoms with van der Waals surface area (Å²) in [6.07, 6.45) is 8.32. The number of hydrogen-bond donors (Lipinski definition) is 3. The van der Waals surface area contributed by atoms with E-state index in [1.807, 2.05) is 36.5 Å². The molecule has 0 aliphatic carbocycles. The maximum absolute atomic E-state index is 16.2. The number of anilines is 2. The number of aromatic amines is 2. The van der Waals surface area contributed by atoms with Gasteiger partial charge in [-0.25, -0.2) is 9.37 Å². The van der Waals surface area contributed by atoms with Gasteiger partial charge >= 0.3 is 0 Å². The molecule has 0 spiro atoms. The summed E-state index contributed by atoms with van der Waals surface area (Å²) < 4.78 is 16.2. The minimum absolute atomic E-state index is 0.0905. The molecule has 12 heteroatoms. The highest BCUT2D eigenvalue weighted by Crippen LogP contribution is 2.34. The van der Waals surface area contributed by atoms with E-state index in [0.29, 0.717) is 28.3 Å². The van der Waals surface area contributed by atoms with Crippen LogP contribution in [0.25, 0.3) is 44.7 Å². The van der Waals surface area contributed by atoms with Gasteiger partial charge in [0, 0.05) is 37.9 Å². The van der Waals surface area contributed by atoms with E-state index in [0.717, 1.165) is 48.5 Å². The Morgan fingerprint density at radius 3 is 2.62 bits per heavy atom. The van der Waals surface area contributed by atoms with E-state index < -0.39 is 5.82 Å². The lowest BCUT2D eigenvalue weighted by molar-refractivity contribution is -0.115. The number of imidazole rings is 1. The number of carbonyl (C=O) groups excluding carboxylic acids is 1. The average molecular weight is 563 g/mol. The molecule has 1 aliphatic rings. The highest BCUT2D eigenvalue weighted by molar-refractivity contribution is 5.97. The van der Waals surface area contributed by atoms with Gasteiger partial charge in [0.15, 0.2) is 11.6 Å². The standard InChI is InChI=1S/C30H27FN10O/c1-40-7-9-41(10-8-40)23-17-33-15-22-28(23)37-30(36-22)29-25-21(38-39-29)16-34-27(26(25)31)19-12-20(14-32-13-19)35-24(42)11-18-5-3-2-4-6-18/h2-6,12-17H,7-11H2,1H3,(H,35,42)(H,36,37)(H,38,39). The molecule has 6 aromatic rings. The third-order valence-electron chi connectivity index (χ3n) is 7.49. The number of aromatic nitrogens is 7. The van der Waals surface area contributed by atoms with Crippen LogP contribution in [0.15, 0.2) is 67.4 Å². The molecule has 0 unspecified atom stereocenters. The van der Waals surface area contributed by atoms with E-state index in [-0.39, 0.29) is 23.4 Å². The molecule has 3 N–H and O–H groups in total. The number of nitrogens with zero attached hydrogens (tertiary/aromatic N) is 7. The van der Waals surface area contributed by atoms with Crippen LogP contribution < -0.4 is 10.2 Å². The number of rotatable bonds is 6. The van der Waals surface area contributed by atoms with Crippen molar-refractivity contribution in [2.45, 2.75) is 6.42 Å². The first-order chi connectivity index (χ1) is 20.5. The lowest BCUT2D eigenvalue weighted by Crippen LogP contribution is -2.44. The first-order valence-corrected chi connectivity index (χ1v) is 13.6. The second-order valence-electron chi connectivity index (χ2n) is 10.4. The lowest BCUT2D eigenvalue weighted by Gasteiger charge is -2.33. The number of benzene rings is 1. The van der Waals surface area contributed by atoms with Crippen LogP contribution in [0.3, 0.4) is 0 Å². The van der Waals surface area contributed by atoms with Crippen molar-refractivity contribution in [3.63, 3.8) is 0 Å². The van der Waals surface area contributed by atoms with Crippen molar-refractivity contribution in [2.24, 2.45) is 0 Å². The van der Waals surface area contributed by atoms with Crippen LogP contribution in [0.4, 0.5) is 15.8 Å². The van der Waals surface area contributed by atoms with Gasteiger partial charge < -0.3 is 20.1 Å². The zero-order chi connectivity index (χ0) is 28.6. The fourth-order valence-electron chi connectivity index (χ4n) is 5.28. The number of carbonyl (C=O) groups is 1. The monoisotopic (exact) mass is 562 g/mol. The summed E-state index contributed by atoms with van der Waals surface area (Å²) in [4.78, 5) is 38.2. The Labute approximate surface area is 239 Å². The van der Waals surface area contributed by atoms with Crippen LogP contribution in [0.2, 0.25) is 0 Å². The lowest BCUT2D eigenvalue weighted by atomic mass is 10.1. The number of fused-ring (bicyclic) bond motifs is 2. The predicted molar refractivity (Wildman–Crippen MR) is 158 cm³/mol. The van der Waals surface area contributed by atoms with Crippen LogP contribution in [-0.4, -0.2) is 79.2 Å². The second-order valence-corrected chi connectivity index (χ2v) is 10.4. The smallest absolute Gasteiger partial charge is 0.228 e. The van der Waals surface area contributed by atoms with Crippen molar-refractivity contribution in [3.05, 3.63) is 78.8 Å². The molecule has 1 aromatic carbocycles. The third-order valence-corrected chi connectivity index (χ3v) is 7.49. The van der Waals surface area contributed by atoms with Gasteiger partial charge in [-0.2, -0.15) is 5.10 Å². The molecule has 1 saturated heterocycles. The minimum Gasteiger partial charge on any atom is -0.366 e. The SMILES string of the molecule is CN1CCN(c2cncc3[nH]c(-c4n[nH]c5cnc(-c6cncc(NC(=O)Cc7ccccc7)c6)c(F)c45)nc23)CC1. The summed E-state index contributed by atoms with van der Waals surface area (Å²) in [6.45, 7) is 3.64. The van der Waals surface area contributed by atoms with Gasteiger partial charge in [0.25, 0.3) is 0 Å². The van der Waals surface area contributed by atoms with E-state index in [4.69, 9.17) is 4.98 Å². The molecule has 210 valence electrons. The molecule has 0 atom stereocenters. The van der Waals surface area contributed by atoms with Gasteiger partial charge in [-0.05, 0) is 18.7 Å². The van der Waals surface area contributed by atoms with Crippen LogP contribution in [0.1, 0.15) is 5.56 Å². The van der Waals surface area contributed by atoms with Gasteiger partial charge in [-0.1, -0.05) is 30.3 Å². The van der Waals surface area contributed by atoms with Gasteiger partial charge in [-0.3, -0.25) is 24.8 Å². The average Bonchev–Trinajstić information content (AvgIpc) is 3.63. The van der Waals surface area contributed by atoms with Crippen LogP contribution in [0.5, 0.6) is 0 Å². The predicted octanol–water partition coefficient (Wildman–Crippen LogP) is 4.03.